The van der Waals surface area contributed by atoms with Crippen LogP contribution in [0.15, 0.2) is 164 Å². The van der Waals surface area contributed by atoms with Gasteiger partial charge in [0.25, 0.3) is 0 Å². The lowest BCUT2D eigenvalue weighted by atomic mass is 9.80. The zero-order valence-corrected chi connectivity index (χ0v) is 34.8. The van der Waals surface area contributed by atoms with Crippen molar-refractivity contribution in [2.24, 2.45) is 0 Å². The molecule has 0 radical (unpaired) electrons. The fourth-order valence-corrected chi connectivity index (χ4v) is 10.2. The second-order valence-corrected chi connectivity index (χ2v) is 18.1. The molecular formula is C55H54N2. The minimum Gasteiger partial charge on any atom is -0.338 e. The van der Waals surface area contributed by atoms with Gasteiger partial charge in [-0.15, -0.1) is 0 Å². The molecule has 284 valence electrons. The summed E-state index contributed by atoms with van der Waals surface area (Å²) in [6.07, 6.45) is 0.872. The Morgan fingerprint density at radius 2 is 1.00 bits per heavy atom. The van der Waals surface area contributed by atoms with E-state index in [0.717, 1.165) is 6.42 Å². The summed E-state index contributed by atoms with van der Waals surface area (Å²) in [6.45, 7) is 19.0. The zero-order chi connectivity index (χ0) is 39.7. The van der Waals surface area contributed by atoms with E-state index in [1.165, 1.54) is 83.9 Å². The highest BCUT2D eigenvalue weighted by Crippen LogP contribution is 2.56. The third kappa shape index (κ3) is 6.00. The summed E-state index contributed by atoms with van der Waals surface area (Å²) in [6, 6.07) is 61.3. The van der Waals surface area contributed by atoms with Crippen LogP contribution in [0.25, 0.3) is 33.4 Å². The van der Waals surface area contributed by atoms with Crippen molar-refractivity contribution >= 4 is 22.7 Å². The molecule has 0 saturated carbocycles. The van der Waals surface area contributed by atoms with Gasteiger partial charge in [-0.05, 0) is 121 Å². The number of benzene rings is 7. The fourth-order valence-electron chi connectivity index (χ4n) is 10.2. The van der Waals surface area contributed by atoms with Crippen molar-refractivity contribution in [3.8, 4) is 33.4 Å². The topological polar surface area (TPSA) is 6.48 Å². The molecule has 2 heteroatoms. The van der Waals surface area contributed by atoms with Crippen LogP contribution < -0.4 is 9.80 Å². The second kappa shape index (κ2) is 13.7. The maximum Gasteiger partial charge on any atom is 0.0498 e. The Morgan fingerprint density at radius 1 is 0.474 bits per heavy atom. The molecule has 7 aromatic rings. The number of rotatable bonds is 9. The molecule has 0 spiro atoms. The van der Waals surface area contributed by atoms with Gasteiger partial charge in [0.1, 0.15) is 0 Å². The first-order chi connectivity index (χ1) is 27.4. The predicted molar refractivity (Wildman–Crippen MR) is 244 cm³/mol. The van der Waals surface area contributed by atoms with Crippen molar-refractivity contribution in [3.63, 3.8) is 0 Å². The van der Waals surface area contributed by atoms with Crippen molar-refractivity contribution in [2.45, 2.75) is 84.2 Å². The van der Waals surface area contributed by atoms with Crippen molar-refractivity contribution in [2.75, 3.05) is 9.80 Å². The molecule has 0 atom stereocenters. The molecule has 0 N–H and O–H groups in total. The van der Waals surface area contributed by atoms with Crippen molar-refractivity contribution in [1.82, 2.24) is 0 Å². The minimum absolute atomic E-state index is 0.0833. The highest BCUT2D eigenvalue weighted by Gasteiger charge is 2.41. The van der Waals surface area contributed by atoms with E-state index >= 15 is 0 Å². The van der Waals surface area contributed by atoms with E-state index in [0.29, 0.717) is 6.04 Å². The molecule has 0 aromatic heterocycles. The van der Waals surface area contributed by atoms with Crippen molar-refractivity contribution in [3.05, 3.63) is 192 Å². The lowest BCUT2D eigenvalue weighted by Crippen LogP contribution is -2.43. The van der Waals surface area contributed by atoms with Crippen LogP contribution in [0.5, 0.6) is 0 Å². The van der Waals surface area contributed by atoms with Gasteiger partial charge in [-0.3, -0.25) is 0 Å². The first-order valence-electron chi connectivity index (χ1n) is 20.7. The molecule has 0 saturated heterocycles. The van der Waals surface area contributed by atoms with Crippen LogP contribution in [0.3, 0.4) is 0 Å². The number of anilines is 4. The first kappa shape index (κ1) is 36.8. The van der Waals surface area contributed by atoms with E-state index < -0.39 is 0 Å². The smallest absolute Gasteiger partial charge is 0.0498 e. The summed E-state index contributed by atoms with van der Waals surface area (Å²) in [4.78, 5) is 5.13. The van der Waals surface area contributed by atoms with Gasteiger partial charge in [-0.1, -0.05) is 155 Å². The lowest BCUT2D eigenvalue weighted by Gasteiger charge is -2.42. The van der Waals surface area contributed by atoms with E-state index in [1.54, 1.807) is 0 Å². The molecule has 7 aromatic carbocycles. The van der Waals surface area contributed by atoms with Crippen LogP contribution in [0.1, 0.15) is 83.2 Å². The van der Waals surface area contributed by atoms with Gasteiger partial charge < -0.3 is 9.80 Å². The molecule has 0 aliphatic heterocycles. The van der Waals surface area contributed by atoms with E-state index in [-0.39, 0.29) is 16.4 Å². The van der Waals surface area contributed by atoms with Crippen LogP contribution in [0.4, 0.5) is 22.7 Å². The maximum absolute atomic E-state index is 2.63. The quantitative estimate of drug-likeness (QED) is 0.145. The molecular weight excluding hydrogens is 689 g/mol. The van der Waals surface area contributed by atoms with Gasteiger partial charge in [0.05, 0.1) is 0 Å². The molecule has 2 aliphatic rings. The summed E-state index contributed by atoms with van der Waals surface area (Å²) >= 11 is 0. The largest absolute Gasteiger partial charge is 0.338 e. The highest BCUT2D eigenvalue weighted by atomic mass is 15.2. The Kier molecular flexibility index (Phi) is 8.81. The molecule has 0 heterocycles. The van der Waals surface area contributed by atoms with Crippen LogP contribution in [0.2, 0.25) is 0 Å². The number of nitrogens with zero attached hydrogens (tertiary/aromatic N) is 2. The number of hydrogen-bond acceptors (Lipinski definition) is 2. The van der Waals surface area contributed by atoms with E-state index in [4.69, 9.17) is 0 Å². The summed E-state index contributed by atoms with van der Waals surface area (Å²) in [5.41, 5.74) is 19.3. The molecule has 0 amide bonds. The SMILES string of the molecule is CC(C)N(c1ccccc1)c1cccc2c1-c1ccc(CC(C)(C)N(c3ccc(-c4ccccc4)cc3)c3cccc4c3-c3ccccc3C4(C)C)cc1C2(C)C. The van der Waals surface area contributed by atoms with Gasteiger partial charge in [0.15, 0.2) is 0 Å². The second-order valence-electron chi connectivity index (χ2n) is 18.1. The normalized spacial score (nSPS) is 14.5. The Bertz CT molecular complexity index is 2590. The van der Waals surface area contributed by atoms with Gasteiger partial charge in [0, 0.05) is 56.3 Å². The third-order valence-corrected chi connectivity index (χ3v) is 12.9. The van der Waals surface area contributed by atoms with Crippen LogP contribution in [-0.4, -0.2) is 11.6 Å². The summed E-state index contributed by atoms with van der Waals surface area (Å²) in [7, 11) is 0. The number of hydrogen-bond donors (Lipinski definition) is 0. The summed E-state index contributed by atoms with van der Waals surface area (Å²) in [5.74, 6) is 0. The van der Waals surface area contributed by atoms with Gasteiger partial charge in [0.2, 0.25) is 0 Å². The first-order valence-corrected chi connectivity index (χ1v) is 20.7. The van der Waals surface area contributed by atoms with E-state index in [9.17, 15) is 0 Å². The summed E-state index contributed by atoms with van der Waals surface area (Å²) in [5, 5.41) is 0. The predicted octanol–water partition coefficient (Wildman–Crippen LogP) is 14.7. The molecule has 2 aliphatic carbocycles. The van der Waals surface area contributed by atoms with Gasteiger partial charge >= 0.3 is 0 Å². The van der Waals surface area contributed by atoms with E-state index in [2.05, 4.69) is 229 Å². The minimum atomic E-state index is -0.290. The van der Waals surface area contributed by atoms with Gasteiger partial charge in [-0.2, -0.15) is 0 Å². The number of fused-ring (bicyclic) bond motifs is 6. The zero-order valence-electron chi connectivity index (χ0n) is 34.8. The Hall–Kier alpha value is -5.86. The Labute approximate surface area is 340 Å². The molecule has 9 rings (SSSR count). The van der Waals surface area contributed by atoms with Crippen molar-refractivity contribution < 1.29 is 0 Å². The third-order valence-electron chi connectivity index (χ3n) is 12.9. The molecule has 57 heavy (non-hydrogen) atoms. The molecule has 2 nitrogen and oxygen atoms in total. The average Bonchev–Trinajstić information content (AvgIpc) is 3.59. The molecule has 0 bridgehead atoms. The lowest BCUT2D eigenvalue weighted by molar-refractivity contribution is 0.501. The van der Waals surface area contributed by atoms with Crippen LogP contribution in [-0.2, 0) is 17.3 Å². The molecule has 0 fully saturated rings. The monoisotopic (exact) mass is 742 g/mol. The summed E-state index contributed by atoms with van der Waals surface area (Å²) < 4.78 is 0. The van der Waals surface area contributed by atoms with Crippen LogP contribution in [0, 0.1) is 0 Å². The fraction of sp³-hybridized carbons (Fsp3) is 0.236. The van der Waals surface area contributed by atoms with E-state index in [1.807, 2.05) is 0 Å². The standard InChI is InChI=1S/C55H54N2/c1-37(2)56(41-21-13-10-14-22-41)49-27-17-25-46-51(49)44-34-29-38(35-48(44)55(46,7)8)36-53(3,4)57(42-32-30-40(31-33-42)39-19-11-9-12-20-39)50-28-18-26-47-52(50)43-23-15-16-24-45(43)54(47,5)6/h9-35,37H,36H2,1-8H3. The van der Waals surface area contributed by atoms with Crippen molar-refractivity contribution in [1.29, 1.82) is 0 Å². The Morgan fingerprint density at radius 3 is 1.67 bits per heavy atom. The molecule has 0 unspecified atom stereocenters. The average molecular weight is 743 g/mol. The van der Waals surface area contributed by atoms with Gasteiger partial charge in [-0.25, -0.2) is 0 Å². The maximum atomic E-state index is 2.63. The Balaban J connectivity index is 1.15. The van der Waals surface area contributed by atoms with Crippen LogP contribution >= 0.6 is 0 Å². The number of para-hydroxylation sites is 1. The highest BCUT2D eigenvalue weighted by molar-refractivity contribution is 5.94.